The first-order valence-corrected chi connectivity index (χ1v) is 12.7. The van der Waals surface area contributed by atoms with Crippen LogP contribution in [0.2, 0.25) is 5.02 Å². The Labute approximate surface area is 231 Å². The first-order valence-electron chi connectivity index (χ1n) is 11.9. The van der Waals surface area contributed by atoms with Crippen LogP contribution in [0.4, 0.5) is 11.4 Å². The number of ether oxygens (including phenoxy) is 2. The van der Waals surface area contributed by atoms with Crippen molar-refractivity contribution in [2.75, 3.05) is 31.0 Å². The second kappa shape index (κ2) is 11.2. The number of methoxy groups -OCH3 is 2. The van der Waals surface area contributed by atoms with Gasteiger partial charge >= 0.3 is 0 Å². The minimum absolute atomic E-state index is 0.0635. The third-order valence-electron chi connectivity index (χ3n) is 6.31. The summed E-state index contributed by atoms with van der Waals surface area (Å²) < 4.78 is 12.7. The summed E-state index contributed by atoms with van der Waals surface area (Å²) >= 11 is 12.5. The van der Waals surface area contributed by atoms with Crippen molar-refractivity contribution < 1.29 is 14.3 Å². The number of carbonyl (C=O) groups is 1. The molecule has 0 unspecified atom stereocenters. The van der Waals surface area contributed by atoms with Gasteiger partial charge in [-0.25, -0.2) is 0 Å². The lowest BCUT2D eigenvalue weighted by Gasteiger charge is -2.29. The van der Waals surface area contributed by atoms with Crippen molar-refractivity contribution in [1.82, 2.24) is 14.9 Å². The maximum absolute atomic E-state index is 12.0. The number of nitrogens with zero attached hydrogens (tertiary/aromatic N) is 3. The number of amides is 1. The number of benzene rings is 2. The number of halogens is 1. The maximum Gasteiger partial charge on any atom is 0.250 e. The molecule has 2 N–H and O–H groups in total. The smallest absolute Gasteiger partial charge is 0.250 e. The molecule has 4 aromatic rings. The predicted molar refractivity (Wildman–Crippen MR) is 152 cm³/mol. The highest BCUT2D eigenvalue weighted by molar-refractivity contribution is 7.80. The Morgan fingerprint density at radius 2 is 1.92 bits per heavy atom. The van der Waals surface area contributed by atoms with Crippen LogP contribution in [-0.4, -0.2) is 41.4 Å². The quantitative estimate of drug-likeness (QED) is 0.290. The maximum atomic E-state index is 12.0. The molecule has 2 aromatic heterocycles. The molecule has 194 valence electrons. The van der Waals surface area contributed by atoms with Crippen molar-refractivity contribution in [3.63, 3.8) is 0 Å². The van der Waals surface area contributed by atoms with Gasteiger partial charge in [0.2, 0.25) is 5.91 Å². The van der Waals surface area contributed by atoms with E-state index in [4.69, 9.17) is 33.3 Å². The highest BCUT2D eigenvalue weighted by Gasteiger charge is 2.42. The number of nitrogens with one attached hydrogen (secondary N) is 2. The van der Waals surface area contributed by atoms with E-state index in [0.717, 1.165) is 28.5 Å². The summed E-state index contributed by atoms with van der Waals surface area (Å²) in [5, 5.41) is 7.15. The molecule has 8 nitrogen and oxygen atoms in total. The molecular formula is C28H26ClN5O3S. The van der Waals surface area contributed by atoms with Gasteiger partial charge < -0.3 is 29.6 Å². The summed E-state index contributed by atoms with van der Waals surface area (Å²) in [5.74, 6) is 0.460. The lowest BCUT2D eigenvalue weighted by molar-refractivity contribution is -0.119. The zero-order valence-electron chi connectivity index (χ0n) is 20.8. The van der Waals surface area contributed by atoms with Gasteiger partial charge in [0.1, 0.15) is 18.4 Å². The molecule has 2 aromatic carbocycles. The average molecular weight is 548 g/mol. The molecule has 3 heterocycles. The third kappa shape index (κ3) is 4.96. The van der Waals surface area contributed by atoms with Crippen molar-refractivity contribution in [3.05, 3.63) is 102 Å². The largest absolute Gasteiger partial charge is 0.495 e. The standard InChI is InChI=1S/C28H26ClN5O3S/c1-36-17-25(35)31-20-13-12-18(16-19(20)29)34-27(26(32-28(34)38)21-8-5-6-14-30-21)23-10-7-15-33(23)22-9-3-4-11-24(22)37-2/h3-16,26-27H,17H2,1-2H3,(H,31,35)(H,32,38)/t26-,27-/m0/s1. The van der Waals surface area contributed by atoms with E-state index in [0.29, 0.717) is 15.8 Å². The number of rotatable bonds is 8. The minimum Gasteiger partial charge on any atom is -0.495 e. The van der Waals surface area contributed by atoms with E-state index in [1.807, 2.05) is 65.7 Å². The van der Waals surface area contributed by atoms with Crippen molar-refractivity contribution in [2.45, 2.75) is 12.1 Å². The molecule has 10 heteroatoms. The Hall–Kier alpha value is -3.92. The second-order valence-electron chi connectivity index (χ2n) is 8.62. The van der Waals surface area contributed by atoms with E-state index in [2.05, 4.69) is 26.3 Å². The van der Waals surface area contributed by atoms with Crippen LogP contribution < -0.4 is 20.3 Å². The second-order valence-corrected chi connectivity index (χ2v) is 9.41. The number of hydrogen-bond acceptors (Lipinski definition) is 5. The molecular weight excluding hydrogens is 522 g/mol. The first kappa shape index (κ1) is 25.7. The fourth-order valence-electron chi connectivity index (χ4n) is 4.69. The normalized spacial score (nSPS) is 16.8. The van der Waals surface area contributed by atoms with Crippen molar-refractivity contribution in [3.8, 4) is 11.4 Å². The molecule has 0 aliphatic carbocycles. The SMILES string of the molecule is COCC(=O)Nc1ccc(N2C(=S)N[C@@H](c3ccccn3)[C@@H]2c2cccn2-c2ccccc2OC)cc1Cl. The van der Waals surface area contributed by atoms with Gasteiger partial charge in [0.25, 0.3) is 0 Å². The number of hydrogen-bond donors (Lipinski definition) is 2. The molecule has 2 atom stereocenters. The van der Waals surface area contributed by atoms with Crippen LogP contribution in [0, 0.1) is 0 Å². The lowest BCUT2D eigenvalue weighted by atomic mass is 10.0. The van der Waals surface area contributed by atoms with E-state index < -0.39 is 0 Å². The summed E-state index contributed by atoms with van der Waals surface area (Å²) in [5.41, 5.74) is 4.00. The molecule has 1 amide bonds. The molecule has 0 bridgehead atoms. The zero-order chi connectivity index (χ0) is 26.6. The molecule has 1 fully saturated rings. The van der Waals surface area contributed by atoms with Crippen molar-refractivity contribution >= 4 is 46.2 Å². The van der Waals surface area contributed by atoms with E-state index in [1.54, 1.807) is 25.4 Å². The van der Waals surface area contributed by atoms with Gasteiger partial charge in [-0.3, -0.25) is 9.78 Å². The Balaban J connectivity index is 1.60. The Morgan fingerprint density at radius 3 is 2.66 bits per heavy atom. The van der Waals surface area contributed by atoms with Crippen LogP contribution in [0.15, 0.2) is 85.2 Å². The van der Waals surface area contributed by atoms with Gasteiger partial charge in [0.05, 0.1) is 35.2 Å². The fourth-order valence-corrected chi connectivity index (χ4v) is 5.26. The topological polar surface area (TPSA) is 80.7 Å². The van der Waals surface area contributed by atoms with Gasteiger partial charge in [-0.1, -0.05) is 29.8 Å². The van der Waals surface area contributed by atoms with Crippen molar-refractivity contribution in [1.29, 1.82) is 0 Å². The summed E-state index contributed by atoms with van der Waals surface area (Å²) in [6, 6.07) is 22.7. The number of anilines is 2. The first-order chi connectivity index (χ1) is 18.5. The molecule has 0 spiro atoms. The molecule has 1 aliphatic heterocycles. The van der Waals surface area contributed by atoms with Gasteiger partial charge in [-0.2, -0.15) is 0 Å². The Kier molecular flexibility index (Phi) is 7.59. The fraction of sp³-hybridized carbons (Fsp3) is 0.179. The molecule has 5 rings (SSSR count). The van der Waals surface area contributed by atoms with Crippen LogP contribution >= 0.6 is 23.8 Å². The Bertz CT molecular complexity index is 1460. The van der Waals surface area contributed by atoms with Crippen LogP contribution in [0.5, 0.6) is 5.75 Å². The van der Waals surface area contributed by atoms with Crippen LogP contribution in [-0.2, 0) is 9.53 Å². The molecule has 0 saturated carbocycles. The van der Waals surface area contributed by atoms with E-state index in [9.17, 15) is 4.79 Å². The summed E-state index contributed by atoms with van der Waals surface area (Å²) in [7, 11) is 3.12. The summed E-state index contributed by atoms with van der Waals surface area (Å²) in [4.78, 5) is 18.7. The zero-order valence-corrected chi connectivity index (χ0v) is 22.4. The molecule has 1 aliphatic rings. The highest BCUT2D eigenvalue weighted by Crippen LogP contribution is 2.44. The van der Waals surface area contributed by atoms with Crippen LogP contribution in [0.25, 0.3) is 5.69 Å². The van der Waals surface area contributed by atoms with Crippen LogP contribution in [0.1, 0.15) is 23.5 Å². The number of pyridine rings is 1. The molecule has 38 heavy (non-hydrogen) atoms. The number of para-hydroxylation sites is 2. The Morgan fingerprint density at radius 1 is 1.11 bits per heavy atom. The van der Waals surface area contributed by atoms with Gasteiger partial charge in [-0.15, -0.1) is 0 Å². The highest BCUT2D eigenvalue weighted by atomic mass is 35.5. The third-order valence-corrected chi connectivity index (χ3v) is 6.93. The average Bonchev–Trinajstić information content (AvgIpc) is 3.54. The van der Waals surface area contributed by atoms with E-state index in [-0.39, 0.29) is 24.6 Å². The lowest BCUT2D eigenvalue weighted by Crippen LogP contribution is -2.30. The van der Waals surface area contributed by atoms with E-state index >= 15 is 0 Å². The van der Waals surface area contributed by atoms with E-state index in [1.165, 1.54) is 7.11 Å². The molecule has 1 saturated heterocycles. The summed E-state index contributed by atoms with van der Waals surface area (Å²) in [6.07, 6.45) is 3.77. The predicted octanol–water partition coefficient (Wildman–Crippen LogP) is 5.30. The van der Waals surface area contributed by atoms with Gasteiger partial charge in [0, 0.05) is 30.9 Å². The number of thiocarbonyl (C=S) groups is 1. The number of carbonyl (C=O) groups excluding carboxylic acids is 1. The monoisotopic (exact) mass is 547 g/mol. The minimum atomic E-state index is -0.289. The number of aromatic nitrogens is 2. The van der Waals surface area contributed by atoms with Gasteiger partial charge in [-0.05, 0) is 66.8 Å². The van der Waals surface area contributed by atoms with Crippen molar-refractivity contribution in [2.24, 2.45) is 0 Å². The van der Waals surface area contributed by atoms with Gasteiger partial charge in [0.15, 0.2) is 5.11 Å². The van der Waals surface area contributed by atoms with Crippen LogP contribution in [0.3, 0.4) is 0 Å². The summed E-state index contributed by atoms with van der Waals surface area (Å²) in [6.45, 7) is -0.0635. The molecule has 0 radical (unpaired) electrons.